The SMILES string of the molecule is C=CCCCC[C@H](F)CCCCCCCCCC. The molecule has 0 heterocycles. The second-order valence-corrected chi connectivity index (χ2v) is 5.43. The number of unbranched alkanes of at least 4 members (excludes halogenated alkanes) is 9. The van der Waals surface area contributed by atoms with E-state index in [-0.39, 0.29) is 0 Å². The van der Waals surface area contributed by atoms with Gasteiger partial charge in [0.2, 0.25) is 0 Å². The number of allylic oxidation sites excluding steroid dienone is 1. The third kappa shape index (κ3) is 13.7. The minimum atomic E-state index is -0.560. The van der Waals surface area contributed by atoms with Crippen molar-refractivity contribution >= 4 is 0 Å². The van der Waals surface area contributed by atoms with Crippen LogP contribution in [0, 0.1) is 0 Å². The summed E-state index contributed by atoms with van der Waals surface area (Å²) < 4.78 is 13.5. The summed E-state index contributed by atoms with van der Waals surface area (Å²) in [5.74, 6) is 0. The first-order valence-corrected chi connectivity index (χ1v) is 8.06. The van der Waals surface area contributed by atoms with Gasteiger partial charge >= 0.3 is 0 Å². The zero-order chi connectivity index (χ0) is 13.5. The van der Waals surface area contributed by atoms with Crippen LogP contribution in [0.5, 0.6) is 0 Å². The highest BCUT2D eigenvalue weighted by atomic mass is 19.1. The zero-order valence-corrected chi connectivity index (χ0v) is 12.4. The summed E-state index contributed by atoms with van der Waals surface area (Å²) in [5, 5.41) is 0. The largest absolute Gasteiger partial charge is 0.247 e. The fourth-order valence-electron chi connectivity index (χ4n) is 2.30. The molecule has 0 aromatic carbocycles. The lowest BCUT2D eigenvalue weighted by molar-refractivity contribution is 0.280. The number of rotatable bonds is 14. The van der Waals surface area contributed by atoms with Crippen LogP contribution in [-0.2, 0) is 0 Å². The number of halogens is 1. The van der Waals surface area contributed by atoms with Crippen molar-refractivity contribution < 1.29 is 4.39 Å². The first-order valence-electron chi connectivity index (χ1n) is 8.06. The summed E-state index contributed by atoms with van der Waals surface area (Å²) in [5.41, 5.74) is 0. The van der Waals surface area contributed by atoms with Gasteiger partial charge in [-0.1, -0.05) is 70.8 Å². The van der Waals surface area contributed by atoms with Crippen LogP contribution in [-0.4, -0.2) is 6.17 Å². The topological polar surface area (TPSA) is 0 Å². The van der Waals surface area contributed by atoms with Crippen LogP contribution in [0.2, 0.25) is 0 Å². The fraction of sp³-hybridized carbons (Fsp3) is 0.882. The van der Waals surface area contributed by atoms with E-state index < -0.39 is 6.17 Å². The second-order valence-electron chi connectivity index (χ2n) is 5.43. The van der Waals surface area contributed by atoms with Crippen molar-refractivity contribution in [3.05, 3.63) is 12.7 Å². The van der Waals surface area contributed by atoms with Gasteiger partial charge in [0.05, 0.1) is 0 Å². The highest BCUT2D eigenvalue weighted by Gasteiger charge is 2.05. The van der Waals surface area contributed by atoms with Crippen LogP contribution in [0.1, 0.15) is 90.4 Å². The molecule has 18 heavy (non-hydrogen) atoms. The average Bonchev–Trinajstić information content (AvgIpc) is 2.38. The third-order valence-corrected chi connectivity index (χ3v) is 3.55. The first kappa shape index (κ1) is 17.7. The lowest BCUT2D eigenvalue weighted by Crippen LogP contribution is -1.99. The van der Waals surface area contributed by atoms with Gasteiger partial charge in [-0.25, -0.2) is 4.39 Å². The first-order chi connectivity index (χ1) is 8.81. The van der Waals surface area contributed by atoms with Crippen molar-refractivity contribution in [3.63, 3.8) is 0 Å². The Balaban J connectivity index is 3.10. The van der Waals surface area contributed by atoms with E-state index in [1.54, 1.807) is 0 Å². The Hall–Kier alpha value is -0.330. The van der Waals surface area contributed by atoms with Crippen molar-refractivity contribution in [3.8, 4) is 0 Å². The Bertz CT molecular complexity index is 165. The highest BCUT2D eigenvalue weighted by molar-refractivity contribution is 4.66. The molecule has 1 heteroatoms. The van der Waals surface area contributed by atoms with Gasteiger partial charge in [-0.3, -0.25) is 0 Å². The summed E-state index contributed by atoms with van der Waals surface area (Å²) in [7, 11) is 0. The minimum Gasteiger partial charge on any atom is -0.247 e. The molecule has 0 N–H and O–H groups in total. The summed E-state index contributed by atoms with van der Waals surface area (Å²) in [6.45, 7) is 5.93. The lowest BCUT2D eigenvalue weighted by Gasteiger charge is -2.07. The van der Waals surface area contributed by atoms with Crippen LogP contribution in [0.25, 0.3) is 0 Å². The van der Waals surface area contributed by atoms with Crippen LogP contribution in [0.3, 0.4) is 0 Å². The number of hydrogen-bond donors (Lipinski definition) is 0. The molecule has 0 aliphatic heterocycles. The van der Waals surface area contributed by atoms with E-state index in [0.717, 1.165) is 38.5 Å². The van der Waals surface area contributed by atoms with Crippen LogP contribution in [0.15, 0.2) is 12.7 Å². The maximum absolute atomic E-state index is 13.5. The van der Waals surface area contributed by atoms with Crippen LogP contribution >= 0.6 is 0 Å². The minimum absolute atomic E-state index is 0.560. The molecular formula is C17H33F. The molecule has 0 saturated heterocycles. The van der Waals surface area contributed by atoms with Crippen molar-refractivity contribution in [2.45, 2.75) is 96.6 Å². The van der Waals surface area contributed by atoms with E-state index in [1.807, 2.05) is 6.08 Å². The lowest BCUT2D eigenvalue weighted by atomic mass is 10.0. The van der Waals surface area contributed by atoms with Crippen LogP contribution in [0.4, 0.5) is 4.39 Å². The summed E-state index contributed by atoms with van der Waals surface area (Å²) >= 11 is 0. The third-order valence-electron chi connectivity index (χ3n) is 3.55. The monoisotopic (exact) mass is 256 g/mol. The molecule has 0 amide bonds. The van der Waals surface area contributed by atoms with Gasteiger partial charge in [0.15, 0.2) is 0 Å². The average molecular weight is 256 g/mol. The standard InChI is InChI=1S/C17H33F/c1-3-5-7-9-10-11-12-14-16-17(18)15-13-8-6-4-2/h4,17H,2-3,5-16H2,1H3/t17-/m0/s1. The van der Waals surface area contributed by atoms with Gasteiger partial charge in [-0.2, -0.15) is 0 Å². The van der Waals surface area contributed by atoms with Crippen molar-refractivity contribution in [1.29, 1.82) is 0 Å². The normalized spacial score (nSPS) is 12.6. The second kappa shape index (κ2) is 14.7. The predicted molar refractivity (Wildman–Crippen MR) is 80.8 cm³/mol. The molecule has 0 aromatic heterocycles. The maximum atomic E-state index is 13.5. The van der Waals surface area contributed by atoms with Gasteiger partial charge in [-0.05, 0) is 25.7 Å². The Labute approximate surface area is 114 Å². The quantitative estimate of drug-likeness (QED) is 0.242. The number of hydrogen-bond acceptors (Lipinski definition) is 0. The van der Waals surface area contributed by atoms with E-state index in [4.69, 9.17) is 0 Å². The van der Waals surface area contributed by atoms with Crippen LogP contribution < -0.4 is 0 Å². The molecule has 0 spiro atoms. The molecule has 0 aliphatic carbocycles. The van der Waals surface area contributed by atoms with E-state index in [9.17, 15) is 4.39 Å². The van der Waals surface area contributed by atoms with E-state index in [0.29, 0.717) is 0 Å². The summed E-state index contributed by atoms with van der Waals surface area (Å²) in [4.78, 5) is 0. The Kier molecular flexibility index (Phi) is 14.5. The van der Waals surface area contributed by atoms with Gasteiger partial charge in [-0.15, -0.1) is 6.58 Å². The molecule has 1 atom stereocenters. The highest BCUT2D eigenvalue weighted by Crippen LogP contribution is 2.15. The Morgan fingerprint density at radius 1 is 0.833 bits per heavy atom. The van der Waals surface area contributed by atoms with Crippen molar-refractivity contribution in [1.82, 2.24) is 0 Å². The molecule has 0 bridgehead atoms. The predicted octanol–water partition coefficient (Wildman–Crippen LogP) is 6.60. The number of alkyl halides is 1. The van der Waals surface area contributed by atoms with Gasteiger partial charge in [0.25, 0.3) is 0 Å². The maximum Gasteiger partial charge on any atom is 0.100 e. The molecular weight excluding hydrogens is 223 g/mol. The molecule has 0 aliphatic rings. The van der Waals surface area contributed by atoms with E-state index in [1.165, 1.54) is 44.9 Å². The molecule has 0 radical (unpaired) electrons. The molecule has 0 nitrogen and oxygen atoms in total. The summed E-state index contributed by atoms with van der Waals surface area (Å²) in [6, 6.07) is 0. The van der Waals surface area contributed by atoms with E-state index >= 15 is 0 Å². The van der Waals surface area contributed by atoms with Gasteiger partial charge < -0.3 is 0 Å². The molecule has 0 saturated carbocycles. The molecule has 108 valence electrons. The van der Waals surface area contributed by atoms with Gasteiger partial charge in [0.1, 0.15) is 6.17 Å². The fourth-order valence-corrected chi connectivity index (χ4v) is 2.30. The van der Waals surface area contributed by atoms with Crippen molar-refractivity contribution in [2.75, 3.05) is 0 Å². The smallest absolute Gasteiger partial charge is 0.100 e. The summed E-state index contributed by atoms with van der Waals surface area (Å²) in [6.07, 6.45) is 16.4. The molecule has 0 unspecified atom stereocenters. The molecule has 0 aromatic rings. The Morgan fingerprint density at radius 3 is 1.89 bits per heavy atom. The van der Waals surface area contributed by atoms with E-state index in [2.05, 4.69) is 13.5 Å². The molecule has 0 fully saturated rings. The van der Waals surface area contributed by atoms with Crippen molar-refractivity contribution in [2.24, 2.45) is 0 Å². The zero-order valence-electron chi connectivity index (χ0n) is 12.4. The van der Waals surface area contributed by atoms with Gasteiger partial charge in [0, 0.05) is 0 Å². The Morgan fingerprint density at radius 2 is 1.33 bits per heavy atom. The molecule has 0 rings (SSSR count).